The molecule has 1 N–H and O–H groups in total. The zero-order valence-corrected chi connectivity index (χ0v) is 16.5. The van der Waals surface area contributed by atoms with E-state index in [1.165, 1.54) is 6.42 Å². The molecule has 1 aliphatic heterocycles. The van der Waals surface area contributed by atoms with Crippen LogP contribution in [0.1, 0.15) is 43.6 Å². The Morgan fingerprint density at radius 1 is 1.32 bits per heavy atom. The van der Waals surface area contributed by atoms with Crippen LogP contribution >= 0.6 is 0 Å². The number of benzene rings is 1. The number of anilines is 2. The van der Waals surface area contributed by atoms with Crippen molar-refractivity contribution in [3.05, 3.63) is 47.9 Å². The summed E-state index contributed by atoms with van der Waals surface area (Å²) in [6.07, 6.45) is 2.68. The van der Waals surface area contributed by atoms with Gasteiger partial charge in [0, 0.05) is 30.3 Å². The van der Waals surface area contributed by atoms with Gasteiger partial charge < -0.3 is 14.6 Å². The predicted octanol–water partition coefficient (Wildman–Crippen LogP) is 3.60. The van der Waals surface area contributed by atoms with E-state index in [1.807, 2.05) is 42.3 Å². The van der Waals surface area contributed by atoms with Crippen LogP contribution in [0.4, 0.5) is 11.4 Å². The van der Waals surface area contributed by atoms with Crippen molar-refractivity contribution < 1.29 is 14.0 Å². The summed E-state index contributed by atoms with van der Waals surface area (Å²) in [5.41, 5.74) is 1.55. The standard InChI is InChI=1S/C22H27N3O3/c1-15-11-19(15)20-9-8-18(28-20)13-24(2)14-21(26)23-16-5-3-6-17(12-16)25-10-4-7-22(25)27/h3,5-6,8-9,12,15,19H,4,7,10-11,13-14H2,1-2H3,(H,23,26)/t15-,19+/m0/s1. The Kier molecular flexibility index (Phi) is 5.22. The van der Waals surface area contributed by atoms with Gasteiger partial charge in [0.1, 0.15) is 11.5 Å². The fraction of sp³-hybridized carbons (Fsp3) is 0.455. The van der Waals surface area contributed by atoms with Crippen molar-refractivity contribution in [3.63, 3.8) is 0 Å². The molecular weight excluding hydrogens is 354 g/mol. The normalized spacial score (nSPS) is 21.4. The van der Waals surface area contributed by atoms with Crippen LogP contribution in [0.5, 0.6) is 0 Å². The lowest BCUT2D eigenvalue weighted by Crippen LogP contribution is -2.30. The van der Waals surface area contributed by atoms with E-state index < -0.39 is 0 Å². The third-order valence-corrected chi connectivity index (χ3v) is 5.51. The largest absolute Gasteiger partial charge is 0.464 e. The van der Waals surface area contributed by atoms with Crippen molar-refractivity contribution in [1.82, 2.24) is 4.90 Å². The molecular formula is C22H27N3O3. The monoisotopic (exact) mass is 381 g/mol. The zero-order chi connectivity index (χ0) is 19.7. The molecule has 0 radical (unpaired) electrons. The van der Waals surface area contributed by atoms with Gasteiger partial charge in [-0.25, -0.2) is 0 Å². The van der Waals surface area contributed by atoms with E-state index in [0.29, 0.717) is 30.5 Å². The summed E-state index contributed by atoms with van der Waals surface area (Å²) in [5, 5.41) is 2.93. The molecule has 2 atom stereocenters. The molecule has 1 aromatic heterocycles. The minimum atomic E-state index is -0.0880. The zero-order valence-electron chi connectivity index (χ0n) is 16.5. The van der Waals surface area contributed by atoms with E-state index in [4.69, 9.17) is 4.42 Å². The number of hydrogen-bond donors (Lipinski definition) is 1. The van der Waals surface area contributed by atoms with Gasteiger partial charge in [-0.15, -0.1) is 0 Å². The molecule has 1 aliphatic carbocycles. The van der Waals surface area contributed by atoms with Crippen LogP contribution in [0.15, 0.2) is 40.8 Å². The number of nitrogens with zero attached hydrogens (tertiary/aromatic N) is 2. The van der Waals surface area contributed by atoms with E-state index >= 15 is 0 Å². The second kappa shape index (κ2) is 7.80. The van der Waals surface area contributed by atoms with Crippen molar-refractivity contribution >= 4 is 23.2 Å². The first kappa shape index (κ1) is 18.7. The van der Waals surface area contributed by atoms with Gasteiger partial charge in [-0.1, -0.05) is 13.0 Å². The summed E-state index contributed by atoms with van der Waals surface area (Å²) in [4.78, 5) is 28.0. The molecule has 2 aliphatic rings. The molecule has 1 saturated carbocycles. The molecule has 2 amide bonds. The Balaban J connectivity index is 1.30. The molecule has 0 spiro atoms. The van der Waals surface area contributed by atoms with Crippen molar-refractivity contribution in [3.8, 4) is 0 Å². The Hall–Kier alpha value is -2.60. The highest BCUT2D eigenvalue weighted by Crippen LogP contribution is 2.47. The maximum absolute atomic E-state index is 12.4. The molecule has 148 valence electrons. The molecule has 2 aromatic rings. The lowest BCUT2D eigenvalue weighted by molar-refractivity contribution is -0.117. The Morgan fingerprint density at radius 3 is 2.86 bits per heavy atom. The van der Waals surface area contributed by atoms with Gasteiger partial charge in [0.15, 0.2) is 0 Å². The number of amides is 2. The topological polar surface area (TPSA) is 65.8 Å². The summed E-state index contributed by atoms with van der Waals surface area (Å²) < 4.78 is 5.92. The van der Waals surface area contributed by atoms with Gasteiger partial charge in [0.05, 0.1) is 13.1 Å². The highest BCUT2D eigenvalue weighted by Gasteiger charge is 2.36. The van der Waals surface area contributed by atoms with E-state index in [9.17, 15) is 9.59 Å². The highest BCUT2D eigenvalue weighted by molar-refractivity contribution is 5.97. The number of likely N-dealkylation sites (N-methyl/N-ethyl adjacent to an activating group) is 1. The van der Waals surface area contributed by atoms with Crippen molar-refractivity contribution in [2.24, 2.45) is 5.92 Å². The lowest BCUT2D eigenvalue weighted by atomic mass is 10.2. The van der Waals surface area contributed by atoms with Crippen molar-refractivity contribution in [2.45, 2.75) is 38.6 Å². The minimum absolute atomic E-state index is 0.0880. The average Bonchev–Trinajstić information content (AvgIpc) is 3.03. The summed E-state index contributed by atoms with van der Waals surface area (Å²) in [7, 11) is 1.90. The van der Waals surface area contributed by atoms with Gasteiger partial charge in [0.2, 0.25) is 11.8 Å². The van der Waals surface area contributed by atoms with E-state index in [0.717, 1.165) is 30.2 Å². The maximum Gasteiger partial charge on any atom is 0.238 e. The number of rotatable bonds is 7. The first-order valence-corrected chi connectivity index (χ1v) is 9.97. The molecule has 0 unspecified atom stereocenters. The van der Waals surface area contributed by atoms with Gasteiger partial charge in [-0.3, -0.25) is 14.5 Å². The Morgan fingerprint density at radius 2 is 2.14 bits per heavy atom. The first-order valence-electron chi connectivity index (χ1n) is 9.97. The van der Waals surface area contributed by atoms with Crippen molar-refractivity contribution in [2.75, 3.05) is 30.4 Å². The van der Waals surface area contributed by atoms with E-state index in [2.05, 4.69) is 18.3 Å². The number of nitrogens with one attached hydrogen (secondary N) is 1. The smallest absolute Gasteiger partial charge is 0.238 e. The SMILES string of the molecule is C[C@H]1C[C@H]1c1ccc(CN(C)CC(=O)Nc2cccc(N3CCCC3=O)c2)o1. The van der Waals surface area contributed by atoms with Crippen LogP contribution in [0, 0.1) is 5.92 Å². The summed E-state index contributed by atoms with van der Waals surface area (Å²) in [5.74, 6) is 3.29. The maximum atomic E-state index is 12.4. The quantitative estimate of drug-likeness (QED) is 0.796. The second-order valence-corrected chi connectivity index (χ2v) is 8.04. The Labute approximate surface area is 165 Å². The van der Waals surface area contributed by atoms with E-state index in [-0.39, 0.29) is 18.4 Å². The average molecular weight is 381 g/mol. The third-order valence-electron chi connectivity index (χ3n) is 5.51. The third kappa shape index (κ3) is 4.28. The number of furan rings is 1. The van der Waals surface area contributed by atoms with Crippen LogP contribution in [-0.2, 0) is 16.1 Å². The van der Waals surface area contributed by atoms with Crippen molar-refractivity contribution in [1.29, 1.82) is 0 Å². The summed E-state index contributed by atoms with van der Waals surface area (Å²) >= 11 is 0. The molecule has 2 fully saturated rings. The van der Waals surface area contributed by atoms with Crippen LogP contribution < -0.4 is 10.2 Å². The summed E-state index contributed by atoms with van der Waals surface area (Å²) in [6, 6.07) is 11.5. The fourth-order valence-corrected chi connectivity index (χ4v) is 3.84. The second-order valence-electron chi connectivity index (χ2n) is 8.04. The number of carbonyl (C=O) groups is 2. The molecule has 6 nitrogen and oxygen atoms in total. The fourth-order valence-electron chi connectivity index (χ4n) is 3.84. The molecule has 0 bridgehead atoms. The number of hydrogen-bond acceptors (Lipinski definition) is 4. The summed E-state index contributed by atoms with van der Waals surface area (Å²) in [6.45, 7) is 3.83. The molecule has 1 saturated heterocycles. The molecule has 6 heteroatoms. The molecule has 4 rings (SSSR count). The van der Waals surface area contributed by atoms with Crippen LogP contribution in [-0.4, -0.2) is 36.9 Å². The lowest BCUT2D eigenvalue weighted by Gasteiger charge is -2.18. The van der Waals surface area contributed by atoms with Gasteiger partial charge in [0.25, 0.3) is 0 Å². The molecule has 28 heavy (non-hydrogen) atoms. The Bertz CT molecular complexity index is 875. The molecule has 2 heterocycles. The number of carbonyl (C=O) groups excluding carboxylic acids is 2. The van der Waals surface area contributed by atoms with Gasteiger partial charge in [-0.05, 0) is 56.1 Å². The first-order chi connectivity index (χ1) is 13.5. The van der Waals surface area contributed by atoms with Crippen LogP contribution in [0.3, 0.4) is 0 Å². The van der Waals surface area contributed by atoms with Gasteiger partial charge in [-0.2, -0.15) is 0 Å². The highest BCUT2D eigenvalue weighted by atomic mass is 16.3. The van der Waals surface area contributed by atoms with E-state index in [1.54, 1.807) is 4.90 Å². The predicted molar refractivity (Wildman–Crippen MR) is 108 cm³/mol. The minimum Gasteiger partial charge on any atom is -0.464 e. The molecule has 1 aromatic carbocycles. The van der Waals surface area contributed by atoms with Gasteiger partial charge >= 0.3 is 0 Å². The van der Waals surface area contributed by atoms with Crippen LogP contribution in [0.25, 0.3) is 0 Å². The van der Waals surface area contributed by atoms with Crippen LogP contribution in [0.2, 0.25) is 0 Å².